The van der Waals surface area contributed by atoms with E-state index in [1.165, 1.54) is 5.56 Å². The zero-order valence-electron chi connectivity index (χ0n) is 12.4. The average molecular weight is 276 g/mol. The van der Waals surface area contributed by atoms with Crippen molar-refractivity contribution in [2.24, 2.45) is 0 Å². The first-order chi connectivity index (χ1) is 9.59. The Morgan fingerprint density at radius 1 is 1.40 bits per heavy atom. The van der Waals surface area contributed by atoms with Gasteiger partial charge in [-0.05, 0) is 25.8 Å². The van der Waals surface area contributed by atoms with Crippen LogP contribution in [0.4, 0.5) is 0 Å². The van der Waals surface area contributed by atoms with Gasteiger partial charge in [0.1, 0.15) is 0 Å². The average Bonchev–Trinajstić information content (AvgIpc) is 2.77. The molecule has 1 heterocycles. The second-order valence-electron chi connectivity index (χ2n) is 5.63. The van der Waals surface area contributed by atoms with Crippen LogP contribution < -0.4 is 0 Å². The van der Waals surface area contributed by atoms with Crippen LogP contribution in [0.2, 0.25) is 0 Å². The normalized spacial score (nSPS) is 22.6. The van der Waals surface area contributed by atoms with Crippen molar-refractivity contribution in [3.63, 3.8) is 0 Å². The fourth-order valence-electron chi connectivity index (χ4n) is 2.38. The standard InChI is InChI=1S/C17H24O3/c1-4-8-15(11-16-13-19-17(2,3)20-16)18-12-14-9-6-5-7-10-14/h4-7,9-10,15-16H,1,8,11-13H2,2-3H3/t15-,16+/m0/s1. The first kappa shape index (κ1) is 15.2. The minimum absolute atomic E-state index is 0.103. The van der Waals surface area contributed by atoms with Crippen LogP contribution in [0, 0.1) is 0 Å². The highest BCUT2D eigenvalue weighted by Crippen LogP contribution is 2.26. The molecule has 1 fully saturated rings. The second kappa shape index (κ2) is 7.02. The van der Waals surface area contributed by atoms with Gasteiger partial charge in [0, 0.05) is 6.42 Å². The van der Waals surface area contributed by atoms with E-state index in [9.17, 15) is 0 Å². The van der Waals surface area contributed by atoms with E-state index in [1.807, 2.05) is 38.1 Å². The van der Waals surface area contributed by atoms with Crippen molar-refractivity contribution in [1.82, 2.24) is 0 Å². The summed E-state index contributed by atoms with van der Waals surface area (Å²) < 4.78 is 17.4. The Kier molecular flexibility index (Phi) is 5.35. The van der Waals surface area contributed by atoms with E-state index >= 15 is 0 Å². The Morgan fingerprint density at radius 3 is 2.75 bits per heavy atom. The van der Waals surface area contributed by atoms with Gasteiger partial charge in [-0.15, -0.1) is 6.58 Å². The highest BCUT2D eigenvalue weighted by Gasteiger charge is 2.33. The summed E-state index contributed by atoms with van der Waals surface area (Å²) in [6.07, 6.45) is 3.78. The maximum absolute atomic E-state index is 5.99. The number of ether oxygens (including phenoxy) is 3. The van der Waals surface area contributed by atoms with E-state index in [2.05, 4.69) is 18.7 Å². The van der Waals surface area contributed by atoms with Crippen molar-refractivity contribution in [3.05, 3.63) is 48.6 Å². The molecule has 1 saturated heterocycles. The largest absolute Gasteiger partial charge is 0.373 e. The first-order valence-electron chi connectivity index (χ1n) is 7.17. The second-order valence-corrected chi connectivity index (χ2v) is 5.63. The van der Waals surface area contributed by atoms with Crippen molar-refractivity contribution < 1.29 is 14.2 Å². The molecule has 20 heavy (non-hydrogen) atoms. The predicted octanol–water partition coefficient (Wildman–Crippen LogP) is 3.69. The third-order valence-corrected chi connectivity index (χ3v) is 3.35. The van der Waals surface area contributed by atoms with Gasteiger partial charge in [-0.2, -0.15) is 0 Å². The third-order valence-electron chi connectivity index (χ3n) is 3.35. The van der Waals surface area contributed by atoms with Gasteiger partial charge < -0.3 is 14.2 Å². The molecule has 0 N–H and O–H groups in total. The van der Waals surface area contributed by atoms with Gasteiger partial charge in [-0.1, -0.05) is 36.4 Å². The van der Waals surface area contributed by atoms with Crippen molar-refractivity contribution in [2.75, 3.05) is 6.61 Å². The lowest BCUT2D eigenvalue weighted by Gasteiger charge is -2.21. The van der Waals surface area contributed by atoms with E-state index in [0.717, 1.165) is 12.8 Å². The molecule has 3 nitrogen and oxygen atoms in total. The molecule has 1 aliphatic heterocycles. The summed E-state index contributed by atoms with van der Waals surface area (Å²) in [5, 5.41) is 0. The number of hydrogen-bond acceptors (Lipinski definition) is 3. The molecular weight excluding hydrogens is 252 g/mol. The van der Waals surface area contributed by atoms with Crippen LogP contribution in [0.1, 0.15) is 32.3 Å². The number of rotatable bonds is 7. The summed E-state index contributed by atoms with van der Waals surface area (Å²) in [7, 11) is 0. The fourth-order valence-corrected chi connectivity index (χ4v) is 2.38. The van der Waals surface area contributed by atoms with Crippen LogP contribution in [0.5, 0.6) is 0 Å². The molecule has 1 aliphatic rings. The van der Waals surface area contributed by atoms with Gasteiger partial charge in [-0.25, -0.2) is 0 Å². The Hall–Kier alpha value is -1.16. The molecule has 0 aliphatic carbocycles. The van der Waals surface area contributed by atoms with Crippen molar-refractivity contribution in [1.29, 1.82) is 0 Å². The SMILES string of the molecule is C=CC[C@@H](C[C@@H]1COC(C)(C)O1)OCc1ccccc1. The summed E-state index contributed by atoms with van der Waals surface area (Å²) in [4.78, 5) is 0. The summed E-state index contributed by atoms with van der Waals surface area (Å²) in [6.45, 7) is 8.95. The molecule has 1 aromatic rings. The molecule has 0 amide bonds. The molecule has 110 valence electrons. The van der Waals surface area contributed by atoms with Crippen LogP contribution in [-0.2, 0) is 20.8 Å². The van der Waals surface area contributed by atoms with Gasteiger partial charge in [0.15, 0.2) is 5.79 Å². The van der Waals surface area contributed by atoms with Gasteiger partial charge in [0.25, 0.3) is 0 Å². The zero-order valence-corrected chi connectivity index (χ0v) is 12.4. The lowest BCUT2D eigenvalue weighted by Crippen LogP contribution is -2.25. The molecule has 3 heteroatoms. The van der Waals surface area contributed by atoms with Crippen molar-refractivity contribution in [2.45, 2.75) is 51.3 Å². The van der Waals surface area contributed by atoms with Gasteiger partial charge in [0.2, 0.25) is 0 Å². The zero-order chi connectivity index (χ0) is 14.4. The van der Waals surface area contributed by atoms with Crippen LogP contribution in [0.3, 0.4) is 0 Å². The monoisotopic (exact) mass is 276 g/mol. The van der Waals surface area contributed by atoms with Gasteiger partial charge >= 0.3 is 0 Å². The van der Waals surface area contributed by atoms with E-state index in [-0.39, 0.29) is 12.2 Å². The molecule has 0 unspecified atom stereocenters. The van der Waals surface area contributed by atoms with Crippen LogP contribution >= 0.6 is 0 Å². The van der Waals surface area contributed by atoms with Crippen LogP contribution in [0.25, 0.3) is 0 Å². The van der Waals surface area contributed by atoms with E-state index < -0.39 is 5.79 Å². The third kappa shape index (κ3) is 4.75. The Morgan fingerprint density at radius 2 is 2.15 bits per heavy atom. The maximum Gasteiger partial charge on any atom is 0.163 e. The van der Waals surface area contributed by atoms with E-state index in [4.69, 9.17) is 14.2 Å². The minimum atomic E-state index is -0.469. The minimum Gasteiger partial charge on any atom is -0.373 e. The quantitative estimate of drug-likeness (QED) is 0.711. The summed E-state index contributed by atoms with van der Waals surface area (Å²) >= 11 is 0. The van der Waals surface area contributed by atoms with Gasteiger partial charge in [-0.3, -0.25) is 0 Å². The highest BCUT2D eigenvalue weighted by molar-refractivity contribution is 5.13. The molecule has 1 aromatic carbocycles. The summed E-state index contributed by atoms with van der Waals surface area (Å²) in [5.74, 6) is -0.469. The molecule has 0 radical (unpaired) electrons. The van der Waals surface area contributed by atoms with Gasteiger partial charge in [0.05, 0.1) is 25.4 Å². The molecule has 2 rings (SSSR count). The van der Waals surface area contributed by atoms with E-state index in [1.54, 1.807) is 0 Å². The van der Waals surface area contributed by atoms with E-state index in [0.29, 0.717) is 13.2 Å². The Bertz CT molecular complexity index is 414. The smallest absolute Gasteiger partial charge is 0.163 e. The summed E-state index contributed by atoms with van der Waals surface area (Å²) in [6, 6.07) is 10.2. The molecule has 0 saturated carbocycles. The molecule has 0 aromatic heterocycles. The lowest BCUT2D eigenvalue weighted by molar-refractivity contribution is -0.142. The Labute approximate surface area is 121 Å². The molecular formula is C17H24O3. The maximum atomic E-state index is 5.99. The van der Waals surface area contributed by atoms with Crippen molar-refractivity contribution >= 4 is 0 Å². The van der Waals surface area contributed by atoms with Crippen LogP contribution in [0.15, 0.2) is 43.0 Å². The van der Waals surface area contributed by atoms with Crippen molar-refractivity contribution in [3.8, 4) is 0 Å². The molecule has 0 spiro atoms. The number of hydrogen-bond donors (Lipinski definition) is 0. The topological polar surface area (TPSA) is 27.7 Å². The lowest BCUT2D eigenvalue weighted by atomic mass is 10.1. The Balaban J connectivity index is 1.83. The number of benzene rings is 1. The van der Waals surface area contributed by atoms with Crippen LogP contribution in [-0.4, -0.2) is 24.6 Å². The molecule has 0 bridgehead atoms. The summed E-state index contributed by atoms with van der Waals surface area (Å²) in [5.41, 5.74) is 1.19. The highest BCUT2D eigenvalue weighted by atomic mass is 16.7. The first-order valence-corrected chi connectivity index (χ1v) is 7.17. The molecule has 2 atom stereocenters. The predicted molar refractivity (Wildman–Crippen MR) is 79.4 cm³/mol. The fraction of sp³-hybridized carbons (Fsp3) is 0.529.